The molecule has 5 N–H and O–H groups in total. The number of allylic oxidation sites excluding steroid dienone is 1. The third kappa shape index (κ3) is 4.91. The second kappa shape index (κ2) is 6.93. The largest absolute Gasteiger partial charge is 0.338 e. The van der Waals surface area contributed by atoms with Gasteiger partial charge in [0.25, 0.3) is 11.8 Å². The first-order valence-corrected chi connectivity index (χ1v) is 7.63. The molecule has 23 heavy (non-hydrogen) atoms. The fourth-order valence-corrected chi connectivity index (χ4v) is 2.15. The summed E-state index contributed by atoms with van der Waals surface area (Å²) in [6.07, 6.45) is 6.72. The van der Waals surface area contributed by atoms with Gasteiger partial charge in [0.05, 0.1) is 0 Å². The minimum Gasteiger partial charge on any atom is -0.338 e. The zero-order valence-electron chi connectivity index (χ0n) is 13.4. The predicted octanol–water partition coefficient (Wildman–Crippen LogP) is 1.45. The van der Waals surface area contributed by atoms with Crippen LogP contribution < -0.4 is 16.5 Å². The summed E-state index contributed by atoms with van der Waals surface area (Å²) in [4.78, 5) is 23.9. The van der Waals surface area contributed by atoms with Crippen LogP contribution in [0.3, 0.4) is 0 Å². The molecular formula is C17H23N3O3. The Bertz CT molecular complexity index is 599. The van der Waals surface area contributed by atoms with Crippen LogP contribution in [0.5, 0.6) is 0 Å². The summed E-state index contributed by atoms with van der Waals surface area (Å²) in [6, 6.07) is 6.04. The predicted molar refractivity (Wildman–Crippen MR) is 87.6 cm³/mol. The molecule has 0 radical (unpaired) electrons. The highest BCUT2D eigenvalue weighted by Crippen LogP contribution is 2.30. The molecule has 1 saturated carbocycles. The monoisotopic (exact) mass is 317 g/mol. The van der Waals surface area contributed by atoms with Crippen LogP contribution >= 0.6 is 0 Å². The molecule has 0 spiro atoms. The number of amides is 2. The molecule has 0 aliphatic heterocycles. The van der Waals surface area contributed by atoms with Crippen molar-refractivity contribution >= 4 is 17.9 Å². The molecular weight excluding hydrogens is 294 g/mol. The molecule has 6 nitrogen and oxygen atoms in total. The first-order valence-electron chi connectivity index (χ1n) is 7.63. The molecule has 1 aromatic rings. The van der Waals surface area contributed by atoms with Crippen molar-refractivity contribution in [1.82, 2.24) is 10.8 Å². The number of nitrogens with two attached hydrogens (primary N) is 1. The lowest BCUT2D eigenvalue weighted by molar-refractivity contribution is -0.132. The molecule has 0 bridgehead atoms. The van der Waals surface area contributed by atoms with E-state index in [0.717, 1.165) is 5.56 Å². The average molecular weight is 317 g/mol. The molecule has 1 aliphatic carbocycles. The van der Waals surface area contributed by atoms with Crippen LogP contribution in [0.1, 0.15) is 42.6 Å². The maximum atomic E-state index is 12.3. The van der Waals surface area contributed by atoms with Crippen LogP contribution in [-0.4, -0.2) is 28.6 Å². The van der Waals surface area contributed by atoms with Crippen LogP contribution in [-0.2, 0) is 4.79 Å². The third-order valence-electron chi connectivity index (χ3n) is 3.75. The van der Waals surface area contributed by atoms with E-state index in [9.17, 15) is 9.59 Å². The zero-order chi connectivity index (χ0) is 17.0. The van der Waals surface area contributed by atoms with E-state index in [1.807, 2.05) is 18.2 Å². The van der Waals surface area contributed by atoms with Crippen LogP contribution in [0.2, 0.25) is 0 Å². The first-order chi connectivity index (χ1) is 10.8. The van der Waals surface area contributed by atoms with Crippen molar-refractivity contribution in [3.8, 4) is 0 Å². The minimum absolute atomic E-state index is 0.421. The highest BCUT2D eigenvalue weighted by Gasteiger charge is 2.33. The maximum absolute atomic E-state index is 12.3. The Morgan fingerprint density at radius 3 is 2.39 bits per heavy atom. The van der Waals surface area contributed by atoms with Gasteiger partial charge in [0.2, 0.25) is 0 Å². The van der Waals surface area contributed by atoms with Gasteiger partial charge in [-0.2, -0.15) is 0 Å². The molecule has 0 saturated heterocycles. The number of hydrogen-bond acceptors (Lipinski definition) is 4. The summed E-state index contributed by atoms with van der Waals surface area (Å²) in [5.74, 6) is -0.479. The summed E-state index contributed by atoms with van der Waals surface area (Å²) < 4.78 is 0. The molecule has 1 aliphatic rings. The number of benzene rings is 1. The third-order valence-corrected chi connectivity index (χ3v) is 3.75. The summed E-state index contributed by atoms with van der Waals surface area (Å²) in [5, 5.41) is 11.3. The van der Waals surface area contributed by atoms with Gasteiger partial charge in [0, 0.05) is 11.1 Å². The van der Waals surface area contributed by atoms with Gasteiger partial charge in [0.15, 0.2) is 0 Å². The highest BCUT2D eigenvalue weighted by molar-refractivity contribution is 5.98. The van der Waals surface area contributed by atoms with E-state index in [1.165, 1.54) is 18.3 Å². The van der Waals surface area contributed by atoms with E-state index in [-0.39, 0.29) is 0 Å². The highest BCUT2D eigenvalue weighted by atomic mass is 16.5. The van der Waals surface area contributed by atoms with Crippen LogP contribution in [0, 0.1) is 5.92 Å². The summed E-state index contributed by atoms with van der Waals surface area (Å²) in [7, 11) is 0. The van der Waals surface area contributed by atoms with Gasteiger partial charge in [-0.1, -0.05) is 24.3 Å². The van der Waals surface area contributed by atoms with Crippen molar-refractivity contribution in [3.63, 3.8) is 0 Å². The number of nitrogens with one attached hydrogen (secondary N) is 2. The van der Waals surface area contributed by atoms with E-state index in [4.69, 9.17) is 10.9 Å². The summed E-state index contributed by atoms with van der Waals surface area (Å²) in [6.45, 7) is 3.19. The van der Waals surface area contributed by atoms with Crippen LogP contribution in [0.4, 0.5) is 0 Å². The molecule has 1 atom stereocenters. The van der Waals surface area contributed by atoms with Crippen molar-refractivity contribution in [3.05, 3.63) is 41.5 Å². The van der Waals surface area contributed by atoms with Crippen molar-refractivity contribution in [2.45, 2.75) is 38.3 Å². The molecule has 1 aromatic carbocycles. The van der Waals surface area contributed by atoms with Crippen molar-refractivity contribution in [2.24, 2.45) is 11.7 Å². The fourth-order valence-electron chi connectivity index (χ4n) is 2.15. The zero-order valence-corrected chi connectivity index (χ0v) is 13.4. The number of carbonyl (C=O) groups excluding carboxylic acids is 2. The van der Waals surface area contributed by atoms with Gasteiger partial charge in [0.1, 0.15) is 6.04 Å². The number of carbonyl (C=O) groups is 2. The quantitative estimate of drug-likeness (QED) is 0.471. The average Bonchev–Trinajstić information content (AvgIpc) is 3.33. The Hall–Kier alpha value is -2.18. The van der Waals surface area contributed by atoms with Crippen molar-refractivity contribution in [2.75, 3.05) is 0 Å². The Kier molecular flexibility index (Phi) is 5.18. The molecule has 0 aromatic heterocycles. The van der Waals surface area contributed by atoms with Gasteiger partial charge in [-0.3, -0.25) is 14.8 Å². The second-order valence-corrected chi connectivity index (χ2v) is 6.52. The standard InChI is InChI=1S/C17H23N3O3/c1-17(2,18)14(16(22)20-23)19-15(21)13-9-7-12(8-10-13)6-5-11-3-4-11/h5-11,14,23H,3-4,18H2,1-2H3,(H,19,21)(H,20,22)/b6-5+/t14-/m1/s1. The Labute approximate surface area is 135 Å². The lowest BCUT2D eigenvalue weighted by Crippen LogP contribution is -2.61. The summed E-state index contributed by atoms with van der Waals surface area (Å²) >= 11 is 0. The fraction of sp³-hybridized carbons (Fsp3) is 0.412. The maximum Gasteiger partial charge on any atom is 0.267 e. The molecule has 0 heterocycles. The van der Waals surface area contributed by atoms with Gasteiger partial charge >= 0.3 is 0 Å². The topological polar surface area (TPSA) is 104 Å². The van der Waals surface area contributed by atoms with E-state index in [1.54, 1.807) is 26.0 Å². The van der Waals surface area contributed by atoms with E-state index in [2.05, 4.69) is 11.4 Å². The van der Waals surface area contributed by atoms with E-state index < -0.39 is 23.4 Å². The van der Waals surface area contributed by atoms with Crippen LogP contribution in [0.15, 0.2) is 30.3 Å². The molecule has 124 valence electrons. The Morgan fingerprint density at radius 2 is 1.91 bits per heavy atom. The van der Waals surface area contributed by atoms with Crippen LogP contribution in [0.25, 0.3) is 6.08 Å². The van der Waals surface area contributed by atoms with E-state index in [0.29, 0.717) is 11.5 Å². The van der Waals surface area contributed by atoms with Gasteiger partial charge in [-0.05, 0) is 50.3 Å². The van der Waals surface area contributed by atoms with Gasteiger partial charge < -0.3 is 11.1 Å². The van der Waals surface area contributed by atoms with Gasteiger partial charge in [-0.15, -0.1) is 0 Å². The first kappa shape index (κ1) is 17.2. The second-order valence-electron chi connectivity index (χ2n) is 6.52. The summed E-state index contributed by atoms with van der Waals surface area (Å²) in [5.41, 5.74) is 7.84. The molecule has 1 fully saturated rings. The number of hydrogen-bond donors (Lipinski definition) is 4. The molecule has 2 amide bonds. The SMILES string of the molecule is CC(C)(N)[C@H](NC(=O)c1ccc(/C=C/C2CC2)cc1)C(=O)NO. The lowest BCUT2D eigenvalue weighted by atomic mass is 9.95. The van der Waals surface area contributed by atoms with Crippen molar-refractivity contribution < 1.29 is 14.8 Å². The van der Waals surface area contributed by atoms with E-state index >= 15 is 0 Å². The smallest absolute Gasteiger partial charge is 0.267 e. The van der Waals surface area contributed by atoms with Gasteiger partial charge in [-0.25, -0.2) is 5.48 Å². The molecule has 0 unspecified atom stereocenters. The van der Waals surface area contributed by atoms with Crippen molar-refractivity contribution in [1.29, 1.82) is 0 Å². The Morgan fingerprint density at radius 1 is 1.30 bits per heavy atom. The Balaban J connectivity index is 2.05. The number of rotatable bonds is 6. The molecule has 2 rings (SSSR count). The lowest BCUT2D eigenvalue weighted by Gasteiger charge is -2.29. The number of hydroxylamine groups is 1. The molecule has 6 heteroatoms. The minimum atomic E-state index is -1.05. The normalized spacial score (nSPS) is 16.2.